The topological polar surface area (TPSA) is 131 Å². The molecule has 11 nitrogen and oxygen atoms in total. The fourth-order valence-corrected chi connectivity index (χ4v) is 5.18. The number of piperazine rings is 1. The number of hydrogen-bond donors (Lipinski definition) is 2. The molecule has 2 heterocycles. The average molecular weight is 597 g/mol. The molecule has 234 valence electrons. The lowest BCUT2D eigenvalue weighted by molar-refractivity contribution is -0.00317. The first kappa shape index (κ1) is 32.2. The Morgan fingerprint density at radius 2 is 1.88 bits per heavy atom. The van der Waals surface area contributed by atoms with E-state index >= 15 is 0 Å². The number of rotatable bonds is 11. The normalized spacial score (nSPS) is 18.2. The van der Waals surface area contributed by atoms with Gasteiger partial charge in [-0.2, -0.15) is 0 Å². The molecule has 0 spiro atoms. The van der Waals surface area contributed by atoms with Gasteiger partial charge in [0.1, 0.15) is 11.4 Å². The fraction of sp³-hybridized carbons (Fsp3) is 0.562. The van der Waals surface area contributed by atoms with Crippen LogP contribution in [0.15, 0.2) is 30.5 Å². The number of nitrogens with zero attached hydrogens (tertiary/aromatic N) is 3. The van der Waals surface area contributed by atoms with Gasteiger partial charge >= 0.3 is 12.1 Å². The number of carbonyl (C=O) groups is 3. The number of benzene rings is 1. The van der Waals surface area contributed by atoms with Gasteiger partial charge in [0.15, 0.2) is 6.10 Å². The van der Waals surface area contributed by atoms with Crippen LogP contribution < -0.4 is 10.1 Å². The zero-order chi connectivity index (χ0) is 31.3. The summed E-state index contributed by atoms with van der Waals surface area (Å²) in [6.45, 7) is 12.0. The second-order valence-electron chi connectivity index (χ2n) is 12.4. The highest BCUT2D eigenvalue weighted by Gasteiger charge is 2.33. The van der Waals surface area contributed by atoms with E-state index < -0.39 is 23.6 Å². The number of hydrogen-bond acceptors (Lipinski definition) is 8. The van der Waals surface area contributed by atoms with Crippen molar-refractivity contribution in [2.45, 2.75) is 71.1 Å². The Bertz CT molecular complexity index is 1300. The van der Waals surface area contributed by atoms with Gasteiger partial charge in [-0.25, -0.2) is 9.59 Å². The Morgan fingerprint density at radius 3 is 2.47 bits per heavy atom. The monoisotopic (exact) mass is 596 g/mol. The quantitative estimate of drug-likeness (QED) is 0.363. The molecule has 0 bridgehead atoms. The molecule has 1 aliphatic carbocycles. The van der Waals surface area contributed by atoms with Crippen molar-refractivity contribution in [3.05, 3.63) is 58.4 Å². The standard InChI is InChI=1S/C32H44N4O7/c1-20-15-27(25(16-24(20)30(38)39)29(37)33-11-14-41-6)42-28(26-10-9-23(17-34-26)22-7-8-22)19-35-12-13-36(21(2)18-35)31(40)43-32(3,4)5/h9-10,15-17,21-22,28H,7-8,11-14,18-19H2,1-6H3,(H,33,37)(H,38,39)/t21-,28-/m1/s1. The molecule has 43 heavy (non-hydrogen) atoms. The van der Waals surface area contributed by atoms with E-state index in [1.54, 1.807) is 17.9 Å². The minimum atomic E-state index is -1.12. The van der Waals surface area contributed by atoms with E-state index in [0.717, 1.165) is 12.8 Å². The molecule has 1 saturated heterocycles. The van der Waals surface area contributed by atoms with E-state index in [0.29, 0.717) is 50.0 Å². The first-order valence-electron chi connectivity index (χ1n) is 14.9. The summed E-state index contributed by atoms with van der Waals surface area (Å²) in [6, 6.07) is 6.92. The molecule has 1 aliphatic heterocycles. The van der Waals surface area contributed by atoms with Gasteiger partial charge in [0.2, 0.25) is 0 Å². The molecule has 0 unspecified atom stereocenters. The molecule has 0 radical (unpaired) electrons. The van der Waals surface area contributed by atoms with Gasteiger partial charge in [-0.3, -0.25) is 14.7 Å². The smallest absolute Gasteiger partial charge is 0.410 e. The third kappa shape index (κ3) is 8.67. The Kier molecular flexibility index (Phi) is 10.3. The van der Waals surface area contributed by atoms with Crippen LogP contribution in [0.25, 0.3) is 0 Å². The minimum absolute atomic E-state index is 0.0276. The van der Waals surface area contributed by atoms with Crippen molar-refractivity contribution in [1.82, 2.24) is 20.1 Å². The number of carboxylic acids is 1. The molecule has 1 saturated carbocycles. The summed E-state index contributed by atoms with van der Waals surface area (Å²) in [6.07, 6.45) is 3.33. The van der Waals surface area contributed by atoms with Crippen LogP contribution in [0.1, 0.15) is 90.1 Å². The molecule has 1 aromatic heterocycles. The Hall–Kier alpha value is -3.70. The number of nitrogens with one attached hydrogen (secondary N) is 1. The van der Waals surface area contributed by atoms with Crippen LogP contribution in [-0.2, 0) is 9.47 Å². The van der Waals surface area contributed by atoms with Gasteiger partial charge in [0.25, 0.3) is 5.91 Å². The largest absolute Gasteiger partial charge is 0.482 e. The van der Waals surface area contributed by atoms with Crippen LogP contribution in [0.3, 0.4) is 0 Å². The lowest BCUT2D eigenvalue weighted by atomic mass is 10.0. The number of carbonyl (C=O) groups excluding carboxylic acids is 2. The number of ether oxygens (including phenoxy) is 3. The number of carboxylic acid groups (broad SMARTS) is 1. The lowest BCUT2D eigenvalue weighted by Crippen LogP contribution is -2.55. The second kappa shape index (κ2) is 13.7. The fourth-order valence-electron chi connectivity index (χ4n) is 5.18. The molecule has 1 aromatic carbocycles. The van der Waals surface area contributed by atoms with Gasteiger partial charge in [-0.15, -0.1) is 0 Å². The van der Waals surface area contributed by atoms with Crippen LogP contribution >= 0.6 is 0 Å². The summed E-state index contributed by atoms with van der Waals surface area (Å²) >= 11 is 0. The molecule has 2 N–H and O–H groups in total. The van der Waals surface area contributed by atoms with E-state index in [1.807, 2.05) is 40.0 Å². The molecule has 2 atom stereocenters. The summed E-state index contributed by atoms with van der Waals surface area (Å²) in [5.41, 5.74) is 1.96. The Labute approximate surface area is 253 Å². The Morgan fingerprint density at radius 1 is 1.14 bits per heavy atom. The molecule has 2 aliphatic rings. The number of aromatic carboxylic acids is 1. The summed E-state index contributed by atoms with van der Waals surface area (Å²) in [7, 11) is 1.54. The van der Waals surface area contributed by atoms with Crippen molar-refractivity contribution in [2.75, 3.05) is 46.4 Å². The van der Waals surface area contributed by atoms with Gasteiger partial charge in [-0.1, -0.05) is 6.07 Å². The van der Waals surface area contributed by atoms with Crippen LogP contribution in [0.5, 0.6) is 5.75 Å². The van der Waals surface area contributed by atoms with E-state index in [9.17, 15) is 19.5 Å². The predicted molar refractivity (Wildman–Crippen MR) is 161 cm³/mol. The van der Waals surface area contributed by atoms with Crippen LogP contribution in [0.2, 0.25) is 0 Å². The van der Waals surface area contributed by atoms with Crippen molar-refractivity contribution >= 4 is 18.0 Å². The lowest BCUT2D eigenvalue weighted by Gasteiger charge is -2.41. The number of amides is 2. The molecule has 2 aromatic rings. The van der Waals surface area contributed by atoms with Crippen molar-refractivity contribution in [3.63, 3.8) is 0 Å². The van der Waals surface area contributed by atoms with Crippen molar-refractivity contribution in [2.24, 2.45) is 0 Å². The maximum absolute atomic E-state index is 13.2. The predicted octanol–water partition coefficient (Wildman–Crippen LogP) is 4.40. The van der Waals surface area contributed by atoms with Crippen LogP contribution in [-0.4, -0.2) is 95.9 Å². The average Bonchev–Trinajstić information content (AvgIpc) is 3.77. The van der Waals surface area contributed by atoms with E-state index in [-0.39, 0.29) is 35.6 Å². The van der Waals surface area contributed by atoms with Crippen molar-refractivity contribution in [1.29, 1.82) is 0 Å². The van der Waals surface area contributed by atoms with Crippen molar-refractivity contribution < 1.29 is 33.7 Å². The van der Waals surface area contributed by atoms with Crippen LogP contribution in [0, 0.1) is 6.92 Å². The highest BCUT2D eigenvalue weighted by Crippen LogP contribution is 2.40. The molecular formula is C32H44N4O7. The van der Waals surface area contributed by atoms with E-state index in [1.165, 1.54) is 18.7 Å². The molecule has 2 fully saturated rings. The number of aromatic nitrogens is 1. The number of aryl methyl sites for hydroxylation is 1. The zero-order valence-corrected chi connectivity index (χ0v) is 26.0. The highest BCUT2D eigenvalue weighted by molar-refractivity contribution is 6.00. The van der Waals surface area contributed by atoms with E-state index in [4.69, 9.17) is 19.2 Å². The third-order valence-electron chi connectivity index (χ3n) is 7.61. The first-order valence-corrected chi connectivity index (χ1v) is 14.9. The first-order chi connectivity index (χ1) is 20.4. The number of methoxy groups -OCH3 is 1. The highest BCUT2D eigenvalue weighted by atomic mass is 16.6. The van der Waals surface area contributed by atoms with Crippen molar-refractivity contribution in [3.8, 4) is 5.75 Å². The molecular weight excluding hydrogens is 552 g/mol. The summed E-state index contributed by atoms with van der Waals surface area (Å²) in [4.78, 5) is 46.6. The van der Waals surface area contributed by atoms with Gasteiger partial charge in [0.05, 0.1) is 23.4 Å². The SMILES string of the molecule is COCCNC(=O)c1cc(C(=O)O)c(C)cc1O[C@H](CN1CCN(C(=O)OC(C)(C)C)[C@H](C)C1)c1ccc(C2CC2)cn1. The van der Waals surface area contributed by atoms with Crippen LogP contribution in [0.4, 0.5) is 4.79 Å². The van der Waals surface area contributed by atoms with Gasteiger partial charge in [-0.05, 0) is 82.7 Å². The number of pyridine rings is 1. The molecule has 2 amide bonds. The maximum Gasteiger partial charge on any atom is 0.410 e. The minimum Gasteiger partial charge on any atom is -0.482 e. The van der Waals surface area contributed by atoms with Gasteiger partial charge < -0.3 is 29.5 Å². The second-order valence-corrected chi connectivity index (χ2v) is 12.4. The molecule has 11 heteroatoms. The zero-order valence-electron chi connectivity index (χ0n) is 26.0. The Balaban J connectivity index is 1.60. The molecule has 4 rings (SSSR count). The van der Waals surface area contributed by atoms with E-state index in [2.05, 4.69) is 16.3 Å². The third-order valence-corrected chi connectivity index (χ3v) is 7.61. The summed E-state index contributed by atoms with van der Waals surface area (Å²) < 4.78 is 17.2. The maximum atomic E-state index is 13.2. The summed E-state index contributed by atoms with van der Waals surface area (Å²) in [5, 5.41) is 12.5. The van der Waals surface area contributed by atoms with Gasteiger partial charge in [0, 0.05) is 52.1 Å². The summed E-state index contributed by atoms with van der Waals surface area (Å²) in [5.74, 6) is -0.752.